The zero-order valence-electron chi connectivity index (χ0n) is 10.5. The molecular formula is C13H18FNO2S. The molecule has 0 spiro atoms. The highest BCUT2D eigenvalue weighted by molar-refractivity contribution is 7.89. The smallest absolute Gasteiger partial charge is 0.207 e. The van der Waals surface area contributed by atoms with Gasteiger partial charge in [0.15, 0.2) is 0 Å². The molecule has 0 amide bonds. The Morgan fingerprint density at radius 3 is 2.56 bits per heavy atom. The van der Waals surface area contributed by atoms with E-state index in [9.17, 15) is 12.8 Å². The van der Waals surface area contributed by atoms with Crippen molar-refractivity contribution in [2.24, 2.45) is 5.92 Å². The van der Waals surface area contributed by atoms with Crippen molar-refractivity contribution < 1.29 is 12.8 Å². The van der Waals surface area contributed by atoms with Gasteiger partial charge in [-0.05, 0) is 37.3 Å². The van der Waals surface area contributed by atoms with Crippen LogP contribution in [0.1, 0.15) is 26.2 Å². The predicted molar refractivity (Wildman–Crippen MR) is 68.2 cm³/mol. The lowest BCUT2D eigenvalue weighted by molar-refractivity contribution is 0.393. The molecule has 0 aromatic heterocycles. The van der Waals surface area contributed by atoms with E-state index in [1.807, 2.05) is 6.92 Å². The molecule has 100 valence electrons. The molecule has 0 unspecified atom stereocenters. The quantitative estimate of drug-likeness (QED) is 0.797. The van der Waals surface area contributed by atoms with E-state index >= 15 is 0 Å². The van der Waals surface area contributed by atoms with E-state index in [0.29, 0.717) is 19.0 Å². The van der Waals surface area contributed by atoms with Crippen molar-refractivity contribution in [3.05, 3.63) is 30.1 Å². The molecule has 0 heterocycles. The van der Waals surface area contributed by atoms with Crippen LogP contribution in [-0.2, 0) is 10.0 Å². The molecule has 1 aliphatic rings. The molecule has 0 N–H and O–H groups in total. The van der Waals surface area contributed by atoms with Crippen LogP contribution in [0.3, 0.4) is 0 Å². The summed E-state index contributed by atoms with van der Waals surface area (Å²) in [6, 6.07) is 5.57. The van der Waals surface area contributed by atoms with Gasteiger partial charge in [-0.25, -0.2) is 12.8 Å². The molecule has 3 nitrogen and oxygen atoms in total. The van der Waals surface area contributed by atoms with Crippen LogP contribution in [0.4, 0.5) is 4.39 Å². The third-order valence-corrected chi connectivity index (χ3v) is 4.98. The molecule has 18 heavy (non-hydrogen) atoms. The Kier molecular flexibility index (Phi) is 4.02. The van der Waals surface area contributed by atoms with Crippen LogP contribution in [0.5, 0.6) is 0 Å². The largest absolute Gasteiger partial charge is 0.245 e. The molecule has 0 atom stereocenters. The van der Waals surface area contributed by atoms with E-state index in [2.05, 4.69) is 0 Å². The molecule has 0 saturated heterocycles. The van der Waals surface area contributed by atoms with Crippen LogP contribution in [0.15, 0.2) is 29.2 Å². The Labute approximate surface area is 108 Å². The third kappa shape index (κ3) is 2.90. The van der Waals surface area contributed by atoms with Gasteiger partial charge in [0, 0.05) is 13.1 Å². The fraction of sp³-hybridized carbons (Fsp3) is 0.538. The topological polar surface area (TPSA) is 37.4 Å². The lowest BCUT2D eigenvalue weighted by atomic mass is 10.3. The number of halogens is 1. The Morgan fingerprint density at radius 1 is 1.33 bits per heavy atom. The van der Waals surface area contributed by atoms with E-state index in [4.69, 9.17) is 0 Å². The van der Waals surface area contributed by atoms with Gasteiger partial charge in [0.05, 0.1) is 0 Å². The van der Waals surface area contributed by atoms with Crippen LogP contribution < -0.4 is 0 Å². The van der Waals surface area contributed by atoms with Crippen molar-refractivity contribution in [2.75, 3.05) is 13.1 Å². The van der Waals surface area contributed by atoms with Crippen molar-refractivity contribution in [2.45, 2.75) is 31.1 Å². The van der Waals surface area contributed by atoms with Crippen LogP contribution >= 0.6 is 0 Å². The summed E-state index contributed by atoms with van der Waals surface area (Å²) in [5.74, 6) is -0.215. The van der Waals surface area contributed by atoms with E-state index < -0.39 is 15.8 Å². The molecule has 1 fully saturated rings. The summed E-state index contributed by atoms with van der Waals surface area (Å²) in [6.45, 7) is 2.90. The highest BCUT2D eigenvalue weighted by Gasteiger charge is 2.32. The molecule has 1 aliphatic carbocycles. The second-order valence-electron chi connectivity index (χ2n) is 4.74. The van der Waals surface area contributed by atoms with Crippen LogP contribution in [0.2, 0.25) is 0 Å². The maximum atomic E-state index is 13.6. The van der Waals surface area contributed by atoms with Crippen molar-refractivity contribution in [1.29, 1.82) is 0 Å². The summed E-state index contributed by atoms with van der Waals surface area (Å²) in [6.07, 6.45) is 2.89. The first-order chi connectivity index (χ1) is 8.55. The molecule has 1 aromatic carbocycles. The normalized spacial score (nSPS) is 16.2. The first-order valence-electron chi connectivity index (χ1n) is 6.30. The minimum Gasteiger partial charge on any atom is -0.207 e. The second kappa shape index (κ2) is 5.36. The number of hydrogen-bond acceptors (Lipinski definition) is 2. The molecule has 5 heteroatoms. The average molecular weight is 271 g/mol. The summed E-state index contributed by atoms with van der Waals surface area (Å²) in [7, 11) is -3.69. The van der Waals surface area contributed by atoms with Gasteiger partial charge in [-0.3, -0.25) is 0 Å². The van der Waals surface area contributed by atoms with Crippen molar-refractivity contribution >= 4 is 10.0 Å². The van der Waals surface area contributed by atoms with Crippen molar-refractivity contribution in [3.8, 4) is 0 Å². The minimum absolute atomic E-state index is 0.209. The number of rotatable bonds is 6. The van der Waals surface area contributed by atoms with Gasteiger partial charge in [-0.15, -0.1) is 0 Å². The van der Waals surface area contributed by atoms with Gasteiger partial charge >= 0.3 is 0 Å². The van der Waals surface area contributed by atoms with Gasteiger partial charge in [0.1, 0.15) is 10.7 Å². The SMILES string of the molecule is CCCN(CC1CC1)S(=O)(=O)c1ccccc1F. The highest BCUT2D eigenvalue weighted by Crippen LogP contribution is 2.32. The molecule has 0 aliphatic heterocycles. The van der Waals surface area contributed by atoms with Crippen LogP contribution in [0, 0.1) is 11.7 Å². The van der Waals surface area contributed by atoms with Crippen molar-refractivity contribution in [3.63, 3.8) is 0 Å². The molecule has 0 radical (unpaired) electrons. The zero-order valence-corrected chi connectivity index (χ0v) is 11.3. The Bertz CT molecular complexity index is 511. The predicted octanol–water partition coefficient (Wildman–Crippen LogP) is 2.64. The maximum absolute atomic E-state index is 13.6. The molecule has 1 aromatic rings. The van der Waals surface area contributed by atoms with E-state index in [1.165, 1.54) is 22.5 Å². The average Bonchev–Trinajstić information content (AvgIpc) is 3.13. The summed E-state index contributed by atoms with van der Waals surface area (Å²) >= 11 is 0. The monoisotopic (exact) mass is 271 g/mol. The maximum Gasteiger partial charge on any atom is 0.245 e. The summed E-state index contributed by atoms with van der Waals surface area (Å²) in [5.41, 5.74) is 0. The van der Waals surface area contributed by atoms with Gasteiger partial charge < -0.3 is 0 Å². The van der Waals surface area contributed by atoms with Crippen LogP contribution in [-0.4, -0.2) is 25.8 Å². The zero-order chi connectivity index (χ0) is 13.2. The first-order valence-corrected chi connectivity index (χ1v) is 7.74. The molecule has 1 saturated carbocycles. The Balaban J connectivity index is 2.28. The van der Waals surface area contributed by atoms with Gasteiger partial charge in [0.25, 0.3) is 0 Å². The second-order valence-corrected chi connectivity index (χ2v) is 6.64. The lowest BCUT2D eigenvalue weighted by Gasteiger charge is -2.21. The number of benzene rings is 1. The highest BCUT2D eigenvalue weighted by atomic mass is 32.2. The van der Waals surface area contributed by atoms with Crippen LogP contribution in [0.25, 0.3) is 0 Å². The third-order valence-electron chi connectivity index (χ3n) is 3.09. The fourth-order valence-corrected chi connectivity index (χ4v) is 3.61. The first kappa shape index (κ1) is 13.5. The Hall–Kier alpha value is -0.940. The summed E-state index contributed by atoms with van der Waals surface area (Å²) < 4.78 is 39.8. The molecule has 0 bridgehead atoms. The van der Waals surface area contributed by atoms with E-state index in [-0.39, 0.29) is 4.90 Å². The van der Waals surface area contributed by atoms with E-state index in [0.717, 1.165) is 19.3 Å². The van der Waals surface area contributed by atoms with Crippen molar-refractivity contribution in [1.82, 2.24) is 4.31 Å². The number of hydrogen-bond donors (Lipinski definition) is 0. The summed E-state index contributed by atoms with van der Waals surface area (Å²) in [5, 5.41) is 0. The molecular weight excluding hydrogens is 253 g/mol. The van der Waals surface area contributed by atoms with E-state index in [1.54, 1.807) is 6.07 Å². The standard InChI is InChI=1S/C13H18FNO2S/c1-2-9-15(10-11-7-8-11)18(16,17)13-6-4-3-5-12(13)14/h3-6,11H,2,7-10H2,1H3. The van der Waals surface area contributed by atoms with Gasteiger partial charge in [-0.1, -0.05) is 19.1 Å². The Morgan fingerprint density at radius 2 is 2.00 bits per heavy atom. The van der Waals surface area contributed by atoms with Gasteiger partial charge in [0.2, 0.25) is 10.0 Å². The molecule has 2 rings (SSSR count). The fourth-order valence-electron chi connectivity index (χ4n) is 1.94. The number of sulfonamides is 1. The summed E-state index contributed by atoms with van der Waals surface area (Å²) in [4.78, 5) is -0.209. The number of nitrogens with zero attached hydrogens (tertiary/aromatic N) is 1. The van der Waals surface area contributed by atoms with Gasteiger partial charge in [-0.2, -0.15) is 4.31 Å². The minimum atomic E-state index is -3.69. The lowest BCUT2D eigenvalue weighted by Crippen LogP contribution is -2.34.